The average Bonchev–Trinajstić information content (AvgIpc) is 3.14. The second-order valence-corrected chi connectivity index (χ2v) is 8.13. The van der Waals surface area contributed by atoms with Gasteiger partial charge in [-0.3, -0.25) is 9.78 Å². The number of sulfone groups is 1. The highest BCUT2D eigenvalue weighted by molar-refractivity contribution is 7.90. The molecule has 0 radical (unpaired) electrons. The van der Waals surface area contributed by atoms with Crippen molar-refractivity contribution in [1.29, 1.82) is 0 Å². The van der Waals surface area contributed by atoms with Crippen LogP contribution in [0.25, 0.3) is 11.1 Å². The molecule has 7 heteroatoms. The summed E-state index contributed by atoms with van der Waals surface area (Å²) in [5, 5.41) is 0. The second-order valence-electron chi connectivity index (χ2n) is 6.11. The minimum Gasteiger partial charge on any atom is -0.454 e. The van der Waals surface area contributed by atoms with Crippen LogP contribution in [0, 0.1) is 0 Å². The number of hydrogen-bond donors (Lipinski definition) is 0. The molecule has 0 saturated carbocycles. The third-order valence-corrected chi connectivity index (χ3v) is 5.42. The van der Waals surface area contributed by atoms with Crippen molar-refractivity contribution >= 4 is 15.6 Å². The van der Waals surface area contributed by atoms with E-state index in [2.05, 4.69) is 4.98 Å². The Balaban J connectivity index is 1.86. The van der Waals surface area contributed by atoms with Crippen LogP contribution in [0.5, 0.6) is 11.5 Å². The van der Waals surface area contributed by atoms with Gasteiger partial charge < -0.3 is 9.47 Å². The molecule has 0 atom stereocenters. The van der Waals surface area contributed by atoms with Crippen molar-refractivity contribution < 1.29 is 22.7 Å². The van der Waals surface area contributed by atoms with Gasteiger partial charge in [-0.2, -0.15) is 0 Å². The average molecular weight is 381 g/mol. The summed E-state index contributed by atoms with van der Waals surface area (Å²) in [4.78, 5) is 17.2. The lowest BCUT2D eigenvalue weighted by Crippen LogP contribution is -2.04. The highest BCUT2D eigenvalue weighted by Gasteiger charge is 2.22. The molecule has 1 aromatic heterocycles. The van der Waals surface area contributed by atoms with Crippen molar-refractivity contribution in [1.82, 2.24) is 4.98 Å². The highest BCUT2D eigenvalue weighted by atomic mass is 32.2. The smallest absolute Gasteiger partial charge is 0.231 e. The number of ether oxygens (including phenoxy) is 2. The van der Waals surface area contributed by atoms with Gasteiger partial charge in [0.2, 0.25) is 6.79 Å². The molecule has 136 valence electrons. The maximum absolute atomic E-state index is 13.0. The number of rotatable bonds is 4. The molecular weight excluding hydrogens is 366 g/mol. The first-order valence-electron chi connectivity index (χ1n) is 8.12. The van der Waals surface area contributed by atoms with Crippen LogP contribution in [0.3, 0.4) is 0 Å². The lowest BCUT2D eigenvalue weighted by atomic mass is 9.93. The van der Waals surface area contributed by atoms with Gasteiger partial charge in [-0.05, 0) is 47.5 Å². The zero-order chi connectivity index (χ0) is 19.0. The van der Waals surface area contributed by atoms with E-state index in [-0.39, 0.29) is 17.5 Å². The summed E-state index contributed by atoms with van der Waals surface area (Å²) in [5.41, 5.74) is 2.29. The molecule has 0 fully saturated rings. The number of ketones is 1. The van der Waals surface area contributed by atoms with E-state index in [1.807, 2.05) is 0 Å². The van der Waals surface area contributed by atoms with Gasteiger partial charge in [0.25, 0.3) is 0 Å². The third kappa shape index (κ3) is 3.29. The molecule has 1 aliphatic rings. The van der Waals surface area contributed by atoms with Gasteiger partial charge in [-0.1, -0.05) is 12.1 Å². The van der Waals surface area contributed by atoms with E-state index in [0.29, 0.717) is 33.8 Å². The largest absolute Gasteiger partial charge is 0.454 e. The summed E-state index contributed by atoms with van der Waals surface area (Å²) in [5.74, 6) is 0.866. The molecule has 1 aliphatic heterocycles. The Morgan fingerprint density at radius 1 is 0.963 bits per heavy atom. The van der Waals surface area contributed by atoms with E-state index < -0.39 is 9.84 Å². The minimum absolute atomic E-state index is 0.0920. The molecule has 0 saturated heterocycles. The van der Waals surface area contributed by atoms with Crippen molar-refractivity contribution in [3.05, 3.63) is 72.1 Å². The molecule has 0 amide bonds. The first kappa shape index (κ1) is 17.2. The molecule has 6 nitrogen and oxygen atoms in total. The van der Waals surface area contributed by atoms with E-state index in [0.717, 1.165) is 6.26 Å². The molecule has 0 N–H and O–H groups in total. The Kier molecular flexibility index (Phi) is 4.16. The summed E-state index contributed by atoms with van der Waals surface area (Å²) < 4.78 is 34.2. The number of aromatic nitrogens is 1. The van der Waals surface area contributed by atoms with Crippen LogP contribution in [0.15, 0.2) is 65.8 Å². The fourth-order valence-corrected chi connectivity index (χ4v) is 3.54. The molecule has 27 heavy (non-hydrogen) atoms. The predicted octanol–water partition coefficient (Wildman–Crippen LogP) is 3.11. The van der Waals surface area contributed by atoms with E-state index in [9.17, 15) is 13.2 Å². The van der Waals surface area contributed by atoms with Crippen molar-refractivity contribution in [3.8, 4) is 22.6 Å². The Morgan fingerprint density at radius 2 is 1.59 bits per heavy atom. The number of nitrogens with zero attached hydrogens (tertiary/aromatic N) is 1. The number of pyridine rings is 1. The lowest BCUT2D eigenvalue weighted by molar-refractivity contribution is 0.103. The first-order valence-corrected chi connectivity index (χ1v) is 10.0. The topological polar surface area (TPSA) is 82.6 Å². The molecule has 2 aromatic carbocycles. The molecular formula is C20H15NO5S. The molecule has 0 bridgehead atoms. The number of carbonyl (C=O) groups excluding carboxylic acids is 1. The first-order chi connectivity index (χ1) is 12.9. The van der Waals surface area contributed by atoms with Crippen LogP contribution >= 0.6 is 0 Å². The van der Waals surface area contributed by atoms with Crippen molar-refractivity contribution in [2.45, 2.75) is 4.90 Å². The van der Waals surface area contributed by atoms with Gasteiger partial charge in [-0.15, -0.1) is 0 Å². The van der Waals surface area contributed by atoms with Gasteiger partial charge >= 0.3 is 0 Å². The molecule has 3 aromatic rings. The maximum Gasteiger partial charge on any atom is 0.231 e. The Hall–Kier alpha value is -3.19. The Morgan fingerprint density at radius 3 is 2.22 bits per heavy atom. The lowest BCUT2D eigenvalue weighted by Gasteiger charge is -2.11. The standard InChI is InChI=1S/C20H15NO5S/c1-27(23,24)15-4-2-13(3-5-15)16-10-18-19(26-12-25-18)11-17(16)20(22)14-6-8-21-9-7-14/h2-11H,12H2,1H3. The van der Waals surface area contributed by atoms with E-state index in [4.69, 9.17) is 9.47 Å². The molecule has 0 aliphatic carbocycles. The van der Waals surface area contributed by atoms with Gasteiger partial charge in [0, 0.05) is 29.8 Å². The highest BCUT2D eigenvalue weighted by Crippen LogP contribution is 2.39. The van der Waals surface area contributed by atoms with Crippen LogP contribution in [0.4, 0.5) is 0 Å². The summed E-state index contributed by atoms with van der Waals surface area (Å²) in [6.07, 6.45) is 4.27. The molecule has 2 heterocycles. The Labute approximate surface area is 156 Å². The maximum atomic E-state index is 13.0. The number of benzene rings is 2. The van der Waals surface area contributed by atoms with Gasteiger partial charge in [-0.25, -0.2) is 8.42 Å². The summed E-state index contributed by atoms with van der Waals surface area (Å²) >= 11 is 0. The third-order valence-electron chi connectivity index (χ3n) is 4.29. The zero-order valence-corrected chi connectivity index (χ0v) is 15.2. The Bertz CT molecular complexity index is 1120. The van der Waals surface area contributed by atoms with E-state index >= 15 is 0 Å². The summed E-state index contributed by atoms with van der Waals surface area (Å²) in [6, 6.07) is 13.1. The van der Waals surface area contributed by atoms with Crippen molar-refractivity contribution in [2.24, 2.45) is 0 Å². The zero-order valence-electron chi connectivity index (χ0n) is 14.4. The number of carbonyl (C=O) groups is 1. The van der Waals surface area contributed by atoms with Gasteiger partial charge in [0.1, 0.15) is 0 Å². The quantitative estimate of drug-likeness (QED) is 0.646. The number of hydrogen-bond acceptors (Lipinski definition) is 6. The van der Waals surface area contributed by atoms with Crippen LogP contribution in [-0.2, 0) is 9.84 Å². The fourth-order valence-electron chi connectivity index (χ4n) is 2.91. The summed E-state index contributed by atoms with van der Waals surface area (Å²) in [7, 11) is -3.30. The fraction of sp³-hybridized carbons (Fsp3) is 0.100. The SMILES string of the molecule is CS(=O)(=O)c1ccc(-c2cc3c(cc2C(=O)c2ccncc2)OCO3)cc1. The van der Waals surface area contributed by atoms with E-state index in [1.54, 1.807) is 48.8 Å². The second kappa shape index (κ2) is 6.51. The number of fused-ring (bicyclic) bond motifs is 1. The van der Waals surface area contributed by atoms with Crippen LogP contribution in [0.1, 0.15) is 15.9 Å². The predicted molar refractivity (Wildman–Crippen MR) is 98.8 cm³/mol. The van der Waals surface area contributed by atoms with Gasteiger partial charge in [0.15, 0.2) is 27.1 Å². The van der Waals surface area contributed by atoms with Crippen LogP contribution < -0.4 is 9.47 Å². The summed E-state index contributed by atoms with van der Waals surface area (Å²) in [6.45, 7) is 0.0920. The van der Waals surface area contributed by atoms with Crippen molar-refractivity contribution in [2.75, 3.05) is 13.0 Å². The van der Waals surface area contributed by atoms with Crippen LogP contribution in [0.2, 0.25) is 0 Å². The van der Waals surface area contributed by atoms with E-state index in [1.165, 1.54) is 12.1 Å². The monoisotopic (exact) mass is 381 g/mol. The van der Waals surface area contributed by atoms with Crippen molar-refractivity contribution in [3.63, 3.8) is 0 Å². The molecule has 0 spiro atoms. The van der Waals surface area contributed by atoms with Gasteiger partial charge in [0.05, 0.1) is 4.90 Å². The van der Waals surface area contributed by atoms with Crippen LogP contribution in [-0.4, -0.2) is 32.2 Å². The molecule has 4 rings (SSSR count). The molecule has 0 unspecified atom stereocenters. The normalized spacial score (nSPS) is 12.8. The minimum atomic E-state index is -3.30.